The molecule has 0 saturated carbocycles. The van der Waals surface area contributed by atoms with Gasteiger partial charge in [-0.1, -0.05) is 42.0 Å². The Bertz CT molecular complexity index is 1100. The number of aromatic nitrogens is 3. The topological polar surface area (TPSA) is 85.3 Å². The normalized spacial score (nSPS) is 10.9. The lowest BCUT2D eigenvalue weighted by Crippen LogP contribution is -2.22. The van der Waals surface area contributed by atoms with Crippen LogP contribution in [-0.4, -0.2) is 20.5 Å². The van der Waals surface area contributed by atoms with Crippen molar-refractivity contribution < 1.29 is 4.79 Å². The highest BCUT2D eigenvalue weighted by atomic mass is 16.1. The van der Waals surface area contributed by atoms with E-state index in [4.69, 9.17) is 5.73 Å². The van der Waals surface area contributed by atoms with Gasteiger partial charge in [0, 0.05) is 23.9 Å². The maximum absolute atomic E-state index is 12.4. The minimum absolute atomic E-state index is 0.0957. The van der Waals surface area contributed by atoms with E-state index < -0.39 is 0 Å². The Morgan fingerprint density at radius 2 is 1.70 bits per heavy atom. The van der Waals surface area contributed by atoms with Crippen molar-refractivity contribution in [3.8, 4) is 11.1 Å². The average Bonchev–Trinajstić information content (AvgIpc) is 3.06. The molecule has 3 N–H and O–H groups in total. The number of nitrogens with two attached hydrogens (primary N) is 1. The molecule has 1 amide bonds. The highest BCUT2D eigenvalue weighted by Gasteiger charge is 2.07. The van der Waals surface area contributed by atoms with Crippen molar-refractivity contribution in [2.24, 2.45) is 0 Å². The quantitative estimate of drug-likeness (QED) is 0.587. The first-order valence-corrected chi connectivity index (χ1v) is 8.64. The number of anilines is 1. The first kappa shape index (κ1) is 16.8. The lowest BCUT2D eigenvalue weighted by molar-refractivity contribution is 0.0951. The molecule has 0 saturated heterocycles. The van der Waals surface area contributed by atoms with Crippen LogP contribution in [0.5, 0.6) is 0 Å². The molecule has 4 aromatic rings. The molecule has 2 heterocycles. The fourth-order valence-electron chi connectivity index (χ4n) is 2.88. The molecule has 4 rings (SSSR count). The zero-order valence-corrected chi connectivity index (χ0v) is 14.9. The van der Waals surface area contributed by atoms with Crippen LogP contribution in [-0.2, 0) is 6.54 Å². The molecule has 0 aliphatic heterocycles. The van der Waals surface area contributed by atoms with Crippen molar-refractivity contribution >= 4 is 17.5 Å². The number of nitrogen functional groups attached to an aromatic ring is 1. The van der Waals surface area contributed by atoms with Crippen molar-refractivity contribution in [3.05, 3.63) is 83.6 Å². The molecule has 0 unspecified atom stereocenters. The summed E-state index contributed by atoms with van der Waals surface area (Å²) < 4.78 is 1.65. The summed E-state index contributed by atoms with van der Waals surface area (Å²) in [5.41, 5.74) is 11.2. The maximum Gasteiger partial charge on any atom is 0.251 e. The molecule has 0 atom stereocenters. The SMILES string of the molecule is Cc1ccc(CNC(=O)c2ccc(-c3ccc4nc(N)nn4c3)cc2)cc1. The highest BCUT2D eigenvalue weighted by molar-refractivity contribution is 5.94. The Morgan fingerprint density at radius 3 is 2.44 bits per heavy atom. The smallest absolute Gasteiger partial charge is 0.251 e. The lowest BCUT2D eigenvalue weighted by Gasteiger charge is -2.07. The van der Waals surface area contributed by atoms with E-state index in [-0.39, 0.29) is 11.9 Å². The number of hydrogen-bond donors (Lipinski definition) is 2. The Kier molecular flexibility index (Phi) is 4.30. The molecule has 6 heteroatoms. The van der Waals surface area contributed by atoms with Gasteiger partial charge >= 0.3 is 0 Å². The van der Waals surface area contributed by atoms with Crippen molar-refractivity contribution in [2.75, 3.05) is 5.73 Å². The molecule has 0 spiro atoms. The Balaban J connectivity index is 1.47. The van der Waals surface area contributed by atoms with Gasteiger partial charge < -0.3 is 11.1 Å². The van der Waals surface area contributed by atoms with E-state index in [0.29, 0.717) is 17.8 Å². The second-order valence-corrected chi connectivity index (χ2v) is 6.44. The summed E-state index contributed by atoms with van der Waals surface area (Å²) in [7, 11) is 0. The van der Waals surface area contributed by atoms with Gasteiger partial charge in [-0.25, -0.2) is 4.52 Å². The zero-order valence-electron chi connectivity index (χ0n) is 14.9. The average molecular weight is 357 g/mol. The van der Waals surface area contributed by atoms with Crippen LogP contribution in [0.4, 0.5) is 5.95 Å². The molecule has 0 bridgehead atoms. The van der Waals surface area contributed by atoms with Gasteiger partial charge in [-0.2, -0.15) is 4.98 Å². The van der Waals surface area contributed by atoms with Crippen LogP contribution in [0, 0.1) is 6.92 Å². The number of benzene rings is 2. The molecule has 134 valence electrons. The van der Waals surface area contributed by atoms with Crippen molar-refractivity contribution in [2.45, 2.75) is 13.5 Å². The number of carbonyl (C=O) groups excluding carboxylic acids is 1. The first-order valence-electron chi connectivity index (χ1n) is 8.64. The molecule has 0 aliphatic rings. The number of carbonyl (C=O) groups is 1. The third-order valence-corrected chi connectivity index (χ3v) is 4.40. The van der Waals surface area contributed by atoms with E-state index >= 15 is 0 Å². The van der Waals surface area contributed by atoms with E-state index in [9.17, 15) is 4.79 Å². The van der Waals surface area contributed by atoms with Crippen LogP contribution in [0.1, 0.15) is 21.5 Å². The van der Waals surface area contributed by atoms with E-state index in [1.807, 2.05) is 73.8 Å². The standard InChI is InChI=1S/C21H19N5O/c1-14-2-4-15(5-3-14)12-23-20(27)17-8-6-16(7-9-17)18-10-11-19-24-21(22)25-26(19)13-18/h2-11,13H,12H2,1H3,(H2,22,25)(H,23,27). The second kappa shape index (κ2) is 6.92. The highest BCUT2D eigenvalue weighted by Crippen LogP contribution is 2.20. The summed E-state index contributed by atoms with van der Waals surface area (Å²) in [4.78, 5) is 16.5. The summed E-state index contributed by atoms with van der Waals surface area (Å²) >= 11 is 0. The van der Waals surface area contributed by atoms with Crippen molar-refractivity contribution in [3.63, 3.8) is 0 Å². The molecular formula is C21H19N5O. The summed E-state index contributed by atoms with van der Waals surface area (Å²) in [6.07, 6.45) is 1.87. The van der Waals surface area contributed by atoms with Gasteiger partial charge in [-0.15, -0.1) is 5.10 Å². The van der Waals surface area contributed by atoms with Gasteiger partial charge in [0.05, 0.1) is 0 Å². The number of nitrogens with one attached hydrogen (secondary N) is 1. The summed E-state index contributed by atoms with van der Waals surface area (Å²) in [5, 5.41) is 7.07. The number of aryl methyl sites for hydroxylation is 1. The Hall–Kier alpha value is -3.67. The van der Waals surface area contributed by atoms with Gasteiger partial charge in [-0.05, 0) is 42.3 Å². The third-order valence-electron chi connectivity index (χ3n) is 4.40. The molecule has 6 nitrogen and oxygen atoms in total. The zero-order chi connectivity index (χ0) is 18.8. The molecule has 0 fully saturated rings. The third kappa shape index (κ3) is 3.64. The number of amides is 1. The van der Waals surface area contributed by atoms with E-state index in [1.54, 1.807) is 4.52 Å². The number of pyridine rings is 1. The molecule has 2 aromatic carbocycles. The fourth-order valence-corrected chi connectivity index (χ4v) is 2.88. The number of fused-ring (bicyclic) bond motifs is 1. The van der Waals surface area contributed by atoms with Gasteiger partial charge in [0.2, 0.25) is 5.95 Å². The predicted octanol–water partition coefficient (Wildman–Crippen LogP) is 3.22. The number of rotatable bonds is 4. The van der Waals surface area contributed by atoms with Crippen LogP contribution in [0.3, 0.4) is 0 Å². The molecular weight excluding hydrogens is 338 g/mol. The van der Waals surface area contributed by atoms with Crippen molar-refractivity contribution in [1.82, 2.24) is 19.9 Å². The Morgan fingerprint density at radius 1 is 1.00 bits per heavy atom. The monoisotopic (exact) mass is 357 g/mol. The van der Waals surface area contributed by atoms with Crippen LogP contribution in [0.2, 0.25) is 0 Å². The van der Waals surface area contributed by atoms with E-state index in [1.165, 1.54) is 5.56 Å². The number of hydrogen-bond acceptors (Lipinski definition) is 4. The maximum atomic E-state index is 12.4. The van der Waals surface area contributed by atoms with Crippen LogP contribution >= 0.6 is 0 Å². The molecule has 27 heavy (non-hydrogen) atoms. The number of nitrogens with zero attached hydrogens (tertiary/aromatic N) is 3. The minimum atomic E-state index is -0.0957. The summed E-state index contributed by atoms with van der Waals surface area (Å²) in [6, 6.07) is 19.4. The second-order valence-electron chi connectivity index (χ2n) is 6.44. The largest absolute Gasteiger partial charge is 0.366 e. The first-order chi connectivity index (χ1) is 13.1. The van der Waals surface area contributed by atoms with Gasteiger partial charge in [0.25, 0.3) is 5.91 Å². The van der Waals surface area contributed by atoms with E-state index in [0.717, 1.165) is 16.7 Å². The van der Waals surface area contributed by atoms with Crippen LogP contribution in [0.15, 0.2) is 66.9 Å². The Labute approximate surface area is 156 Å². The van der Waals surface area contributed by atoms with Crippen molar-refractivity contribution in [1.29, 1.82) is 0 Å². The predicted molar refractivity (Wildman–Crippen MR) is 105 cm³/mol. The summed E-state index contributed by atoms with van der Waals surface area (Å²) in [5.74, 6) is 0.148. The molecule has 0 radical (unpaired) electrons. The van der Waals surface area contributed by atoms with Gasteiger partial charge in [0.1, 0.15) is 0 Å². The van der Waals surface area contributed by atoms with Crippen LogP contribution < -0.4 is 11.1 Å². The molecule has 0 aliphatic carbocycles. The fraction of sp³-hybridized carbons (Fsp3) is 0.0952. The van der Waals surface area contributed by atoms with Gasteiger partial charge in [0.15, 0.2) is 5.65 Å². The summed E-state index contributed by atoms with van der Waals surface area (Å²) in [6.45, 7) is 2.55. The van der Waals surface area contributed by atoms with E-state index in [2.05, 4.69) is 15.4 Å². The minimum Gasteiger partial charge on any atom is -0.366 e. The molecule has 2 aromatic heterocycles. The van der Waals surface area contributed by atoms with Crippen LogP contribution in [0.25, 0.3) is 16.8 Å². The lowest BCUT2D eigenvalue weighted by atomic mass is 10.1. The van der Waals surface area contributed by atoms with Gasteiger partial charge in [-0.3, -0.25) is 4.79 Å².